The summed E-state index contributed by atoms with van der Waals surface area (Å²) < 4.78 is 5.99. The van der Waals surface area contributed by atoms with Crippen molar-refractivity contribution in [2.24, 2.45) is 5.73 Å². The Labute approximate surface area is 85.6 Å². The van der Waals surface area contributed by atoms with Crippen molar-refractivity contribution in [3.8, 4) is 5.75 Å². The van der Waals surface area contributed by atoms with Gasteiger partial charge in [-0.2, -0.15) is 0 Å². The van der Waals surface area contributed by atoms with E-state index in [1.165, 1.54) is 0 Å². The first-order chi connectivity index (χ1) is 6.19. The van der Waals surface area contributed by atoms with Crippen molar-refractivity contribution in [2.75, 3.05) is 13.7 Å². The Balaban J connectivity index is 3.07. The Bertz CT molecular complexity index is 291. The Kier molecular flexibility index (Phi) is 3.71. The Morgan fingerprint density at radius 2 is 2.31 bits per heavy atom. The lowest BCUT2D eigenvalue weighted by atomic mass is 10.1. The van der Waals surface area contributed by atoms with Crippen LogP contribution in [0.4, 0.5) is 0 Å². The summed E-state index contributed by atoms with van der Waals surface area (Å²) in [4.78, 5) is 0. The van der Waals surface area contributed by atoms with Crippen molar-refractivity contribution in [3.05, 3.63) is 28.2 Å². The number of halogens is 1. The maximum atomic E-state index is 9.54. The van der Waals surface area contributed by atoms with Crippen LogP contribution < -0.4 is 10.5 Å². The molecule has 1 aromatic rings. The van der Waals surface area contributed by atoms with Crippen LogP contribution in [0.5, 0.6) is 5.75 Å². The van der Waals surface area contributed by atoms with Gasteiger partial charge < -0.3 is 15.6 Å². The first-order valence-electron chi connectivity index (χ1n) is 3.90. The molecule has 1 aromatic carbocycles. The molecule has 0 radical (unpaired) electrons. The highest BCUT2D eigenvalue weighted by molar-refractivity contribution is 9.10. The number of nitrogens with two attached hydrogens (primary N) is 1. The van der Waals surface area contributed by atoms with E-state index in [0.29, 0.717) is 11.3 Å². The summed E-state index contributed by atoms with van der Waals surface area (Å²) in [5, 5.41) is 9.54. The second-order valence-electron chi connectivity index (χ2n) is 2.64. The molecule has 0 fully saturated rings. The molecule has 0 aliphatic carbocycles. The molecule has 0 aliphatic heterocycles. The molecule has 0 amide bonds. The molecule has 1 rings (SSSR count). The van der Waals surface area contributed by atoms with Crippen LogP contribution in [0.1, 0.15) is 11.7 Å². The lowest BCUT2D eigenvalue weighted by Gasteiger charge is -2.12. The summed E-state index contributed by atoms with van der Waals surface area (Å²) in [5.41, 5.74) is 6.06. The van der Waals surface area contributed by atoms with Crippen molar-refractivity contribution in [2.45, 2.75) is 6.10 Å². The quantitative estimate of drug-likeness (QED) is 0.848. The van der Waals surface area contributed by atoms with Crippen molar-refractivity contribution >= 4 is 15.9 Å². The van der Waals surface area contributed by atoms with Gasteiger partial charge in [0.05, 0.1) is 13.2 Å². The van der Waals surface area contributed by atoms with Crippen LogP contribution in [0.25, 0.3) is 0 Å². The average Bonchev–Trinajstić information content (AvgIpc) is 2.16. The molecule has 0 bridgehead atoms. The van der Waals surface area contributed by atoms with Crippen LogP contribution in [0.15, 0.2) is 22.7 Å². The molecule has 0 spiro atoms. The summed E-state index contributed by atoms with van der Waals surface area (Å²) in [6.45, 7) is 0.187. The van der Waals surface area contributed by atoms with Crippen molar-refractivity contribution in [1.29, 1.82) is 0 Å². The van der Waals surface area contributed by atoms with E-state index in [1.54, 1.807) is 19.2 Å². The molecule has 0 heterocycles. The summed E-state index contributed by atoms with van der Waals surface area (Å²) >= 11 is 3.32. The number of rotatable bonds is 3. The first kappa shape index (κ1) is 10.5. The van der Waals surface area contributed by atoms with Gasteiger partial charge >= 0.3 is 0 Å². The smallest absolute Gasteiger partial charge is 0.124 e. The van der Waals surface area contributed by atoms with E-state index >= 15 is 0 Å². The SMILES string of the molecule is COc1ccc(Br)cc1[C@H](O)CN. The summed E-state index contributed by atoms with van der Waals surface area (Å²) in [6, 6.07) is 5.44. The van der Waals surface area contributed by atoms with Gasteiger partial charge in [-0.05, 0) is 18.2 Å². The summed E-state index contributed by atoms with van der Waals surface area (Å²) in [7, 11) is 1.57. The van der Waals surface area contributed by atoms with Gasteiger partial charge in [-0.15, -0.1) is 0 Å². The first-order valence-corrected chi connectivity index (χ1v) is 4.70. The number of methoxy groups -OCH3 is 1. The van der Waals surface area contributed by atoms with Crippen LogP contribution in [0.3, 0.4) is 0 Å². The molecule has 13 heavy (non-hydrogen) atoms. The number of hydrogen-bond acceptors (Lipinski definition) is 3. The highest BCUT2D eigenvalue weighted by Gasteiger charge is 2.11. The molecule has 4 heteroatoms. The Hall–Kier alpha value is -0.580. The van der Waals surface area contributed by atoms with Gasteiger partial charge in [0.1, 0.15) is 5.75 Å². The lowest BCUT2D eigenvalue weighted by molar-refractivity contribution is 0.182. The molecule has 0 saturated heterocycles. The molecule has 1 atom stereocenters. The topological polar surface area (TPSA) is 55.5 Å². The van der Waals surface area contributed by atoms with Crippen LogP contribution in [-0.4, -0.2) is 18.8 Å². The zero-order chi connectivity index (χ0) is 9.84. The number of hydrogen-bond donors (Lipinski definition) is 2. The van der Waals surface area contributed by atoms with E-state index < -0.39 is 6.10 Å². The zero-order valence-electron chi connectivity index (χ0n) is 7.33. The molecule has 0 saturated carbocycles. The van der Waals surface area contributed by atoms with E-state index in [-0.39, 0.29) is 6.54 Å². The second-order valence-corrected chi connectivity index (χ2v) is 3.55. The van der Waals surface area contributed by atoms with Crippen LogP contribution >= 0.6 is 15.9 Å². The molecule has 3 nitrogen and oxygen atoms in total. The van der Waals surface area contributed by atoms with Gasteiger partial charge in [-0.1, -0.05) is 15.9 Å². The maximum absolute atomic E-state index is 9.54. The predicted octanol–water partition coefficient (Wildman–Crippen LogP) is 1.45. The second kappa shape index (κ2) is 4.60. The number of ether oxygens (including phenoxy) is 1. The molecular formula is C9H12BrNO2. The fraction of sp³-hybridized carbons (Fsp3) is 0.333. The van der Waals surface area contributed by atoms with E-state index in [0.717, 1.165) is 4.47 Å². The fourth-order valence-corrected chi connectivity index (χ4v) is 1.47. The molecule has 0 aliphatic rings. The van der Waals surface area contributed by atoms with Crippen molar-refractivity contribution in [3.63, 3.8) is 0 Å². The molecule has 72 valence electrons. The van der Waals surface area contributed by atoms with Gasteiger partial charge in [-0.25, -0.2) is 0 Å². The maximum Gasteiger partial charge on any atom is 0.124 e. The zero-order valence-corrected chi connectivity index (χ0v) is 8.91. The molecule has 3 N–H and O–H groups in total. The third-order valence-corrected chi connectivity index (χ3v) is 2.27. The molecule has 0 aromatic heterocycles. The fourth-order valence-electron chi connectivity index (χ4n) is 1.09. The molecular weight excluding hydrogens is 234 g/mol. The third kappa shape index (κ3) is 2.43. The van der Waals surface area contributed by atoms with Gasteiger partial charge in [0, 0.05) is 16.6 Å². The minimum Gasteiger partial charge on any atom is -0.496 e. The standard InChI is InChI=1S/C9H12BrNO2/c1-13-9-3-2-6(10)4-7(9)8(12)5-11/h2-4,8,12H,5,11H2,1H3/t8-/m1/s1. The van der Waals surface area contributed by atoms with Crippen molar-refractivity contribution in [1.82, 2.24) is 0 Å². The Morgan fingerprint density at radius 1 is 1.62 bits per heavy atom. The lowest BCUT2D eigenvalue weighted by Crippen LogP contribution is -2.12. The van der Waals surface area contributed by atoms with Crippen LogP contribution in [0.2, 0.25) is 0 Å². The monoisotopic (exact) mass is 245 g/mol. The largest absolute Gasteiger partial charge is 0.496 e. The number of aliphatic hydroxyl groups excluding tert-OH is 1. The number of aliphatic hydroxyl groups is 1. The van der Waals surface area contributed by atoms with Crippen LogP contribution in [0, 0.1) is 0 Å². The average molecular weight is 246 g/mol. The molecule has 0 unspecified atom stereocenters. The van der Waals surface area contributed by atoms with Gasteiger partial charge in [0.15, 0.2) is 0 Å². The third-order valence-electron chi connectivity index (χ3n) is 1.77. The highest BCUT2D eigenvalue weighted by Crippen LogP contribution is 2.27. The van der Waals surface area contributed by atoms with E-state index in [2.05, 4.69) is 15.9 Å². The normalized spacial score (nSPS) is 12.6. The van der Waals surface area contributed by atoms with Gasteiger partial charge in [-0.3, -0.25) is 0 Å². The van der Waals surface area contributed by atoms with Gasteiger partial charge in [0.2, 0.25) is 0 Å². The van der Waals surface area contributed by atoms with Crippen molar-refractivity contribution < 1.29 is 9.84 Å². The minimum absolute atomic E-state index is 0.187. The minimum atomic E-state index is -0.674. The predicted molar refractivity (Wildman–Crippen MR) is 54.7 cm³/mol. The van der Waals surface area contributed by atoms with Gasteiger partial charge in [0.25, 0.3) is 0 Å². The van der Waals surface area contributed by atoms with E-state index in [1.807, 2.05) is 6.07 Å². The Morgan fingerprint density at radius 3 is 2.85 bits per heavy atom. The number of benzene rings is 1. The van der Waals surface area contributed by atoms with E-state index in [4.69, 9.17) is 10.5 Å². The summed E-state index contributed by atoms with van der Waals surface area (Å²) in [5.74, 6) is 0.654. The summed E-state index contributed by atoms with van der Waals surface area (Å²) in [6.07, 6.45) is -0.674. The van der Waals surface area contributed by atoms with E-state index in [9.17, 15) is 5.11 Å². The highest BCUT2D eigenvalue weighted by atomic mass is 79.9. The van der Waals surface area contributed by atoms with Crippen LogP contribution in [-0.2, 0) is 0 Å².